The fourth-order valence-electron chi connectivity index (χ4n) is 2.35. The molecule has 0 amide bonds. The summed E-state index contributed by atoms with van der Waals surface area (Å²) in [7, 11) is 1.62. The van der Waals surface area contributed by atoms with Crippen LogP contribution in [0.4, 0.5) is 0 Å². The van der Waals surface area contributed by atoms with E-state index < -0.39 is 12.0 Å². The van der Waals surface area contributed by atoms with E-state index in [4.69, 9.17) is 19.9 Å². The molecule has 0 fully saturated rings. The number of carbonyl (C=O) groups excluding carboxylic acids is 1. The van der Waals surface area contributed by atoms with Crippen LogP contribution >= 0.6 is 22.6 Å². The first-order valence-corrected chi connectivity index (χ1v) is 9.07. The van der Waals surface area contributed by atoms with Gasteiger partial charge >= 0.3 is 5.97 Å². The molecule has 1 atom stereocenters. The largest absolute Gasteiger partial charge is 0.496 e. The zero-order chi connectivity index (χ0) is 18.2. The van der Waals surface area contributed by atoms with Gasteiger partial charge in [0.15, 0.2) is 0 Å². The van der Waals surface area contributed by atoms with Crippen LogP contribution in [0.1, 0.15) is 18.1 Å². The Morgan fingerprint density at radius 2 is 1.92 bits per heavy atom. The van der Waals surface area contributed by atoms with Crippen molar-refractivity contribution in [2.75, 3.05) is 13.7 Å². The first-order valence-electron chi connectivity index (χ1n) is 7.99. The maximum atomic E-state index is 11.7. The van der Waals surface area contributed by atoms with Crippen molar-refractivity contribution < 1.29 is 19.0 Å². The Bertz CT molecular complexity index is 703. The maximum absolute atomic E-state index is 11.7. The summed E-state index contributed by atoms with van der Waals surface area (Å²) in [6.45, 7) is 2.45. The third-order valence-corrected chi connectivity index (χ3v) is 4.32. The standard InChI is InChI=1S/C19H22INO4/c1-3-24-19(22)17(21)11-13-4-9-18(23-2)14(10-13)12-25-16-7-5-15(20)6-8-16/h4-10,17H,3,11-12,21H2,1-2H3. The monoisotopic (exact) mass is 455 g/mol. The molecule has 2 aromatic rings. The van der Waals surface area contributed by atoms with E-state index in [2.05, 4.69) is 22.6 Å². The highest BCUT2D eigenvalue weighted by molar-refractivity contribution is 14.1. The SMILES string of the molecule is CCOC(=O)C(N)Cc1ccc(OC)c(COc2ccc(I)cc2)c1. The van der Waals surface area contributed by atoms with Crippen molar-refractivity contribution in [1.82, 2.24) is 0 Å². The fourth-order valence-corrected chi connectivity index (χ4v) is 2.71. The van der Waals surface area contributed by atoms with Crippen molar-refractivity contribution in [3.63, 3.8) is 0 Å². The lowest BCUT2D eigenvalue weighted by atomic mass is 10.0. The number of rotatable bonds is 8. The summed E-state index contributed by atoms with van der Waals surface area (Å²) < 4.78 is 17.3. The molecule has 2 rings (SSSR count). The molecule has 0 radical (unpaired) electrons. The second-order valence-corrected chi connectivity index (χ2v) is 6.70. The Kier molecular flexibility index (Phi) is 7.52. The number of carbonyl (C=O) groups is 1. The average Bonchev–Trinajstić information content (AvgIpc) is 2.61. The zero-order valence-electron chi connectivity index (χ0n) is 14.3. The van der Waals surface area contributed by atoms with Crippen molar-refractivity contribution in [1.29, 1.82) is 0 Å². The lowest BCUT2D eigenvalue weighted by molar-refractivity contribution is -0.144. The van der Waals surface area contributed by atoms with Crippen LogP contribution in [0.3, 0.4) is 0 Å². The second-order valence-electron chi connectivity index (χ2n) is 5.45. The Balaban J connectivity index is 2.08. The van der Waals surface area contributed by atoms with Gasteiger partial charge in [-0.25, -0.2) is 0 Å². The van der Waals surface area contributed by atoms with E-state index in [0.717, 1.165) is 26.2 Å². The average molecular weight is 455 g/mol. The van der Waals surface area contributed by atoms with Gasteiger partial charge in [0.25, 0.3) is 0 Å². The molecule has 0 aliphatic rings. The van der Waals surface area contributed by atoms with E-state index in [9.17, 15) is 4.79 Å². The minimum absolute atomic E-state index is 0.324. The lowest BCUT2D eigenvalue weighted by Crippen LogP contribution is -2.34. The van der Waals surface area contributed by atoms with E-state index in [1.165, 1.54) is 0 Å². The van der Waals surface area contributed by atoms with Crippen molar-refractivity contribution in [3.05, 3.63) is 57.2 Å². The van der Waals surface area contributed by atoms with E-state index in [1.807, 2.05) is 42.5 Å². The Hall–Kier alpha value is -1.80. The molecule has 0 aliphatic heterocycles. The van der Waals surface area contributed by atoms with Crippen LogP contribution in [0.5, 0.6) is 11.5 Å². The number of hydrogen-bond donors (Lipinski definition) is 1. The molecule has 0 aliphatic carbocycles. The molecule has 5 nitrogen and oxygen atoms in total. The fraction of sp³-hybridized carbons (Fsp3) is 0.316. The Morgan fingerprint density at radius 1 is 1.20 bits per heavy atom. The van der Waals surface area contributed by atoms with E-state index in [1.54, 1.807) is 14.0 Å². The molecule has 0 saturated heterocycles. The number of ether oxygens (including phenoxy) is 3. The third-order valence-electron chi connectivity index (χ3n) is 3.60. The predicted octanol–water partition coefficient (Wildman–Crippen LogP) is 3.31. The van der Waals surface area contributed by atoms with Gasteiger partial charge in [-0.2, -0.15) is 0 Å². The zero-order valence-corrected chi connectivity index (χ0v) is 16.5. The summed E-state index contributed by atoms with van der Waals surface area (Å²) in [6.07, 6.45) is 0.402. The van der Waals surface area contributed by atoms with Gasteiger partial charge < -0.3 is 19.9 Å². The number of halogens is 1. The van der Waals surface area contributed by atoms with Gasteiger partial charge in [-0.3, -0.25) is 4.79 Å². The lowest BCUT2D eigenvalue weighted by Gasteiger charge is -2.14. The van der Waals surface area contributed by atoms with Crippen molar-refractivity contribution in [3.8, 4) is 11.5 Å². The molecule has 0 aromatic heterocycles. The Labute approximate surface area is 161 Å². The van der Waals surface area contributed by atoms with Crippen LogP contribution in [0.25, 0.3) is 0 Å². The first-order chi connectivity index (χ1) is 12.0. The number of methoxy groups -OCH3 is 1. The molecule has 2 N–H and O–H groups in total. The van der Waals surface area contributed by atoms with Gasteiger partial charge in [0.1, 0.15) is 24.1 Å². The molecule has 0 saturated carbocycles. The van der Waals surface area contributed by atoms with Crippen molar-refractivity contribution in [2.45, 2.75) is 26.0 Å². The number of nitrogens with two attached hydrogens (primary N) is 1. The molecule has 0 heterocycles. The molecule has 6 heteroatoms. The van der Waals surface area contributed by atoms with E-state index in [0.29, 0.717) is 19.6 Å². The van der Waals surface area contributed by atoms with Gasteiger partial charge in [-0.15, -0.1) is 0 Å². The minimum atomic E-state index is -0.682. The minimum Gasteiger partial charge on any atom is -0.496 e. The van der Waals surface area contributed by atoms with Gasteiger partial charge in [0.2, 0.25) is 0 Å². The topological polar surface area (TPSA) is 70.8 Å². The highest BCUT2D eigenvalue weighted by Gasteiger charge is 2.16. The molecule has 0 bridgehead atoms. The quantitative estimate of drug-likeness (QED) is 0.489. The summed E-state index contributed by atoms with van der Waals surface area (Å²) in [6, 6.07) is 12.8. The molecule has 134 valence electrons. The highest BCUT2D eigenvalue weighted by Crippen LogP contribution is 2.23. The van der Waals surface area contributed by atoms with Crippen molar-refractivity contribution >= 4 is 28.6 Å². The van der Waals surface area contributed by atoms with Crippen LogP contribution in [0.15, 0.2) is 42.5 Å². The Morgan fingerprint density at radius 3 is 2.56 bits per heavy atom. The summed E-state index contributed by atoms with van der Waals surface area (Å²) in [4.78, 5) is 11.7. The molecule has 1 unspecified atom stereocenters. The normalized spacial score (nSPS) is 11.7. The third kappa shape index (κ3) is 5.89. The summed E-state index contributed by atoms with van der Waals surface area (Å²) >= 11 is 2.25. The smallest absolute Gasteiger partial charge is 0.323 e. The van der Waals surface area contributed by atoms with Gasteiger partial charge in [0, 0.05) is 9.13 Å². The molecule has 2 aromatic carbocycles. The van der Waals surface area contributed by atoms with E-state index in [-0.39, 0.29) is 0 Å². The molecule has 25 heavy (non-hydrogen) atoms. The van der Waals surface area contributed by atoms with Crippen LogP contribution in [-0.2, 0) is 22.6 Å². The predicted molar refractivity (Wildman–Crippen MR) is 105 cm³/mol. The van der Waals surface area contributed by atoms with Crippen LogP contribution in [0, 0.1) is 3.57 Å². The number of hydrogen-bond acceptors (Lipinski definition) is 5. The van der Waals surface area contributed by atoms with Gasteiger partial charge in [-0.05, 0) is 77.9 Å². The van der Waals surface area contributed by atoms with Gasteiger partial charge in [0.05, 0.1) is 13.7 Å². The second kappa shape index (κ2) is 9.62. The van der Waals surface area contributed by atoms with E-state index >= 15 is 0 Å². The number of benzene rings is 2. The van der Waals surface area contributed by atoms with Crippen LogP contribution < -0.4 is 15.2 Å². The number of esters is 1. The maximum Gasteiger partial charge on any atom is 0.323 e. The summed E-state index contributed by atoms with van der Waals surface area (Å²) in [5.74, 6) is 1.13. The first kappa shape index (κ1) is 19.5. The van der Waals surface area contributed by atoms with Crippen molar-refractivity contribution in [2.24, 2.45) is 5.73 Å². The summed E-state index contributed by atoms with van der Waals surface area (Å²) in [5.41, 5.74) is 7.73. The molecular formula is C19H22INO4. The van der Waals surface area contributed by atoms with Crippen LogP contribution in [-0.4, -0.2) is 25.7 Å². The molecular weight excluding hydrogens is 433 g/mol. The van der Waals surface area contributed by atoms with Crippen LogP contribution in [0.2, 0.25) is 0 Å². The molecule has 0 spiro atoms. The summed E-state index contributed by atoms with van der Waals surface area (Å²) in [5, 5.41) is 0. The highest BCUT2D eigenvalue weighted by atomic mass is 127. The van der Waals surface area contributed by atoms with Gasteiger partial charge in [-0.1, -0.05) is 6.07 Å².